The molecule has 0 unspecified atom stereocenters. The molecule has 0 aliphatic carbocycles. The third kappa shape index (κ3) is 4.24. The molecule has 2 amide bonds. The standard InChI is InChI=1S/C18H21N3O6S/c1-2-13-5-6-14(17(22)19-20-18(23)15-4-3-9-27-15)12-16(13)28(24,25)21-7-10-26-11-8-21/h3-6,9,12H,2,7-8,10-11H2,1H3,(H,19,22)(H,20,23). The summed E-state index contributed by atoms with van der Waals surface area (Å²) >= 11 is 0. The number of carbonyl (C=O) groups is 2. The molecular formula is C18H21N3O6S. The molecule has 1 aliphatic heterocycles. The molecule has 1 saturated heterocycles. The van der Waals surface area contributed by atoms with Crippen molar-refractivity contribution in [2.45, 2.75) is 18.2 Å². The lowest BCUT2D eigenvalue weighted by Crippen LogP contribution is -2.42. The lowest BCUT2D eigenvalue weighted by Gasteiger charge is -2.27. The van der Waals surface area contributed by atoms with Crippen LogP contribution >= 0.6 is 0 Å². The van der Waals surface area contributed by atoms with Crippen LogP contribution in [0.15, 0.2) is 45.9 Å². The van der Waals surface area contributed by atoms with Crippen LogP contribution in [-0.4, -0.2) is 50.8 Å². The summed E-state index contributed by atoms with van der Waals surface area (Å²) in [6.07, 6.45) is 1.83. The third-order valence-electron chi connectivity index (χ3n) is 4.33. The van der Waals surface area contributed by atoms with Crippen LogP contribution in [0.1, 0.15) is 33.4 Å². The van der Waals surface area contributed by atoms with Crippen LogP contribution in [0.5, 0.6) is 0 Å². The van der Waals surface area contributed by atoms with Crippen LogP contribution in [0.25, 0.3) is 0 Å². The van der Waals surface area contributed by atoms with Gasteiger partial charge in [0.1, 0.15) is 0 Å². The van der Waals surface area contributed by atoms with Gasteiger partial charge < -0.3 is 9.15 Å². The third-order valence-corrected chi connectivity index (χ3v) is 6.31. The van der Waals surface area contributed by atoms with Crippen molar-refractivity contribution in [3.63, 3.8) is 0 Å². The summed E-state index contributed by atoms with van der Waals surface area (Å²) in [4.78, 5) is 24.3. The van der Waals surface area contributed by atoms with Gasteiger partial charge in [-0.05, 0) is 36.2 Å². The molecule has 28 heavy (non-hydrogen) atoms. The maximum absolute atomic E-state index is 13.0. The Kier molecular flexibility index (Phi) is 6.12. The van der Waals surface area contributed by atoms with Gasteiger partial charge in [-0.15, -0.1) is 0 Å². The molecule has 150 valence electrons. The molecular weight excluding hydrogens is 386 g/mol. The quantitative estimate of drug-likeness (QED) is 0.712. The van der Waals surface area contributed by atoms with Gasteiger partial charge in [0.25, 0.3) is 5.91 Å². The van der Waals surface area contributed by atoms with E-state index in [1.54, 1.807) is 12.1 Å². The largest absolute Gasteiger partial charge is 0.459 e. The highest BCUT2D eigenvalue weighted by Crippen LogP contribution is 2.23. The summed E-state index contributed by atoms with van der Waals surface area (Å²) in [6.45, 7) is 3.04. The van der Waals surface area contributed by atoms with Gasteiger partial charge in [-0.25, -0.2) is 8.42 Å². The monoisotopic (exact) mass is 407 g/mol. The van der Waals surface area contributed by atoms with Crippen LogP contribution in [0, 0.1) is 0 Å². The minimum atomic E-state index is -3.76. The number of hydrazine groups is 1. The predicted octanol–water partition coefficient (Wildman–Crippen LogP) is 0.938. The number of carbonyl (C=O) groups excluding carboxylic acids is 2. The smallest absolute Gasteiger partial charge is 0.305 e. The van der Waals surface area contributed by atoms with Gasteiger partial charge >= 0.3 is 5.91 Å². The first kappa shape index (κ1) is 20.1. The van der Waals surface area contributed by atoms with Gasteiger partial charge in [-0.1, -0.05) is 13.0 Å². The van der Waals surface area contributed by atoms with Crippen LogP contribution in [-0.2, 0) is 21.2 Å². The van der Waals surface area contributed by atoms with E-state index in [9.17, 15) is 18.0 Å². The molecule has 9 nitrogen and oxygen atoms in total. The first-order chi connectivity index (χ1) is 13.4. The fraction of sp³-hybridized carbons (Fsp3) is 0.333. The first-order valence-corrected chi connectivity index (χ1v) is 10.2. The van der Waals surface area contributed by atoms with Gasteiger partial charge in [-0.2, -0.15) is 4.31 Å². The Balaban J connectivity index is 1.80. The van der Waals surface area contributed by atoms with Crippen LogP contribution in [0.3, 0.4) is 0 Å². The lowest BCUT2D eigenvalue weighted by molar-refractivity contribution is 0.0730. The van der Waals surface area contributed by atoms with Crippen molar-refractivity contribution in [2.24, 2.45) is 0 Å². The number of nitrogens with zero attached hydrogens (tertiary/aromatic N) is 1. The molecule has 1 aromatic heterocycles. The summed E-state index contributed by atoms with van der Waals surface area (Å²) in [5.41, 5.74) is 5.21. The Morgan fingerprint density at radius 1 is 1.11 bits per heavy atom. The molecule has 0 radical (unpaired) electrons. The molecule has 1 aromatic carbocycles. The second-order valence-corrected chi connectivity index (χ2v) is 7.98. The molecule has 1 aliphatic rings. The lowest BCUT2D eigenvalue weighted by atomic mass is 10.1. The molecule has 2 heterocycles. The number of morpholine rings is 1. The first-order valence-electron chi connectivity index (χ1n) is 8.78. The number of nitrogens with one attached hydrogen (secondary N) is 2. The molecule has 3 rings (SSSR count). The highest BCUT2D eigenvalue weighted by Gasteiger charge is 2.29. The van der Waals surface area contributed by atoms with Crippen molar-refractivity contribution in [3.05, 3.63) is 53.5 Å². The topological polar surface area (TPSA) is 118 Å². The SMILES string of the molecule is CCc1ccc(C(=O)NNC(=O)c2ccco2)cc1S(=O)(=O)N1CCOCC1. The number of hydrogen-bond donors (Lipinski definition) is 2. The molecule has 0 bridgehead atoms. The normalized spacial score (nSPS) is 15.2. The van der Waals surface area contributed by atoms with E-state index < -0.39 is 21.8 Å². The zero-order chi connectivity index (χ0) is 20.1. The highest BCUT2D eigenvalue weighted by atomic mass is 32.2. The Hall–Kier alpha value is -2.69. The summed E-state index contributed by atoms with van der Waals surface area (Å²) in [7, 11) is -3.76. The zero-order valence-corrected chi connectivity index (χ0v) is 16.1. The van der Waals surface area contributed by atoms with Gasteiger partial charge in [0, 0.05) is 18.7 Å². The van der Waals surface area contributed by atoms with Crippen molar-refractivity contribution in [1.82, 2.24) is 15.2 Å². The maximum atomic E-state index is 13.0. The maximum Gasteiger partial charge on any atom is 0.305 e. The van der Waals surface area contributed by atoms with Gasteiger partial charge in [0.15, 0.2) is 5.76 Å². The summed E-state index contributed by atoms with van der Waals surface area (Å²) in [6, 6.07) is 7.45. The van der Waals surface area contributed by atoms with Gasteiger partial charge in [0.05, 0.1) is 24.4 Å². The minimum absolute atomic E-state index is 0.0391. The molecule has 2 aromatic rings. The van der Waals surface area contributed by atoms with Gasteiger partial charge in [0.2, 0.25) is 10.0 Å². The van der Waals surface area contributed by atoms with E-state index in [-0.39, 0.29) is 29.3 Å². The number of aryl methyl sites for hydroxylation is 1. The Bertz CT molecular complexity index is 950. The predicted molar refractivity (Wildman–Crippen MR) is 99.0 cm³/mol. The van der Waals surface area contributed by atoms with Crippen molar-refractivity contribution < 1.29 is 27.2 Å². The summed E-state index contributed by atoms with van der Waals surface area (Å²) < 4.78 is 37.5. The highest BCUT2D eigenvalue weighted by molar-refractivity contribution is 7.89. The second kappa shape index (κ2) is 8.55. The molecule has 0 saturated carbocycles. The molecule has 10 heteroatoms. The zero-order valence-electron chi connectivity index (χ0n) is 15.3. The van der Waals surface area contributed by atoms with E-state index in [0.29, 0.717) is 25.2 Å². The molecule has 0 spiro atoms. The average molecular weight is 407 g/mol. The second-order valence-electron chi connectivity index (χ2n) is 6.08. The molecule has 1 fully saturated rings. The van der Waals surface area contributed by atoms with E-state index in [4.69, 9.17) is 9.15 Å². The number of sulfonamides is 1. The molecule has 2 N–H and O–H groups in total. The van der Waals surface area contributed by atoms with Crippen LogP contribution in [0.2, 0.25) is 0 Å². The van der Waals surface area contributed by atoms with E-state index in [1.165, 1.54) is 28.8 Å². The fourth-order valence-corrected chi connectivity index (χ4v) is 4.54. The Morgan fingerprint density at radius 3 is 2.46 bits per heavy atom. The number of rotatable bonds is 5. The van der Waals surface area contributed by atoms with Crippen molar-refractivity contribution in [3.8, 4) is 0 Å². The van der Waals surface area contributed by atoms with Gasteiger partial charge in [-0.3, -0.25) is 20.4 Å². The number of hydrogen-bond acceptors (Lipinski definition) is 6. The van der Waals surface area contributed by atoms with Crippen LogP contribution < -0.4 is 10.9 Å². The van der Waals surface area contributed by atoms with Crippen molar-refractivity contribution in [1.29, 1.82) is 0 Å². The van der Waals surface area contributed by atoms with E-state index >= 15 is 0 Å². The Labute approximate surface area is 162 Å². The Morgan fingerprint density at radius 2 is 1.82 bits per heavy atom. The number of furan rings is 1. The van der Waals surface area contributed by atoms with Crippen molar-refractivity contribution in [2.75, 3.05) is 26.3 Å². The number of amides is 2. The van der Waals surface area contributed by atoms with Crippen molar-refractivity contribution >= 4 is 21.8 Å². The van der Waals surface area contributed by atoms with E-state index in [1.807, 2.05) is 6.92 Å². The number of ether oxygens (including phenoxy) is 1. The fourth-order valence-electron chi connectivity index (χ4n) is 2.81. The minimum Gasteiger partial charge on any atom is -0.459 e. The van der Waals surface area contributed by atoms with E-state index in [0.717, 1.165) is 0 Å². The summed E-state index contributed by atoms with van der Waals surface area (Å²) in [5, 5.41) is 0. The summed E-state index contributed by atoms with van der Waals surface area (Å²) in [5.74, 6) is -1.22. The number of benzene rings is 1. The van der Waals surface area contributed by atoms with E-state index in [2.05, 4.69) is 10.9 Å². The van der Waals surface area contributed by atoms with Crippen LogP contribution in [0.4, 0.5) is 0 Å². The average Bonchev–Trinajstić information content (AvgIpc) is 3.27. The molecule has 0 atom stereocenters.